The number of nitrogens with one attached hydrogen (secondary N) is 1. The predicted octanol–water partition coefficient (Wildman–Crippen LogP) is 4.15. The van der Waals surface area contributed by atoms with Crippen LogP contribution in [0.15, 0.2) is 18.2 Å². The third-order valence-corrected chi connectivity index (χ3v) is 3.38. The maximum Gasteiger partial charge on any atom is 0.387 e. The Morgan fingerprint density at radius 1 is 1.35 bits per heavy atom. The molecule has 5 heteroatoms. The minimum atomic E-state index is -2.86. The molecule has 0 aliphatic carbocycles. The standard InChI is InChI=1S/C15H19F2NO2/c1-15(2,3)7-6-10-11-8-9(20-14(16)17)4-5-12(11)18-13(10)19/h4-5,8,10,14H,6-7H2,1-3H3,(H,18,19). The third kappa shape index (κ3) is 3.46. The lowest BCUT2D eigenvalue weighted by Gasteiger charge is -2.20. The van der Waals surface area contributed by atoms with Gasteiger partial charge in [-0.2, -0.15) is 8.78 Å². The van der Waals surface area contributed by atoms with Gasteiger partial charge in [0.1, 0.15) is 5.75 Å². The van der Waals surface area contributed by atoms with Gasteiger partial charge in [0.2, 0.25) is 5.91 Å². The average Bonchev–Trinajstić information content (AvgIpc) is 2.60. The van der Waals surface area contributed by atoms with E-state index in [1.807, 2.05) is 0 Å². The van der Waals surface area contributed by atoms with Crippen LogP contribution in [0, 0.1) is 5.41 Å². The Labute approximate surface area is 117 Å². The number of benzene rings is 1. The number of alkyl halides is 2. The number of ether oxygens (including phenoxy) is 1. The molecule has 2 rings (SSSR count). The zero-order chi connectivity index (χ0) is 14.9. The van der Waals surface area contributed by atoms with Crippen molar-refractivity contribution < 1.29 is 18.3 Å². The van der Waals surface area contributed by atoms with Crippen molar-refractivity contribution in [2.75, 3.05) is 5.32 Å². The summed E-state index contributed by atoms with van der Waals surface area (Å²) in [5.41, 5.74) is 1.56. The first kappa shape index (κ1) is 14.8. The maximum atomic E-state index is 12.2. The number of hydrogen-bond donors (Lipinski definition) is 1. The van der Waals surface area contributed by atoms with Crippen LogP contribution in [0.5, 0.6) is 5.75 Å². The van der Waals surface area contributed by atoms with Gasteiger partial charge in [0.25, 0.3) is 0 Å². The minimum absolute atomic E-state index is 0.0709. The summed E-state index contributed by atoms with van der Waals surface area (Å²) in [5.74, 6) is -0.264. The Morgan fingerprint density at radius 3 is 2.65 bits per heavy atom. The summed E-state index contributed by atoms with van der Waals surface area (Å²) >= 11 is 0. The summed E-state index contributed by atoms with van der Waals surface area (Å²) in [6.45, 7) is 3.47. The third-order valence-electron chi connectivity index (χ3n) is 3.38. The highest BCUT2D eigenvalue weighted by atomic mass is 19.3. The second kappa shape index (κ2) is 5.38. The molecule has 1 aliphatic heterocycles. The SMILES string of the molecule is CC(C)(C)CCC1C(=O)Nc2ccc(OC(F)F)cc21. The van der Waals surface area contributed by atoms with Gasteiger partial charge in [-0.1, -0.05) is 20.8 Å². The minimum Gasteiger partial charge on any atom is -0.435 e. The van der Waals surface area contributed by atoms with E-state index >= 15 is 0 Å². The molecule has 1 N–H and O–H groups in total. The van der Waals surface area contributed by atoms with Gasteiger partial charge in [0.15, 0.2) is 0 Å². The highest BCUT2D eigenvalue weighted by Crippen LogP contribution is 2.39. The molecule has 0 bridgehead atoms. The van der Waals surface area contributed by atoms with Crippen LogP contribution in [0.3, 0.4) is 0 Å². The Balaban J connectivity index is 2.19. The molecular formula is C15H19F2NO2. The van der Waals surface area contributed by atoms with E-state index in [0.717, 1.165) is 12.0 Å². The molecule has 0 spiro atoms. The number of carbonyl (C=O) groups excluding carboxylic acids is 1. The van der Waals surface area contributed by atoms with Crippen LogP contribution in [0.1, 0.15) is 45.1 Å². The van der Waals surface area contributed by atoms with Gasteiger partial charge in [0.05, 0.1) is 5.92 Å². The summed E-state index contributed by atoms with van der Waals surface area (Å²) in [4.78, 5) is 12.0. The van der Waals surface area contributed by atoms with Crippen molar-refractivity contribution >= 4 is 11.6 Å². The molecule has 1 aliphatic rings. The van der Waals surface area contributed by atoms with Crippen LogP contribution >= 0.6 is 0 Å². The predicted molar refractivity (Wildman–Crippen MR) is 73.1 cm³/mol. The number of rotatable bonds is 4. The Bertz CT molecular complexity index is 509. The van der Waals surface area contributed by atoms with E-state index in [2.05, 4.69) is 30.8 Å². The molecule has 1 heterocycles. The Morgan fingerprint density at radius 2 is 2.05 bits per heavy atom. The van der Waals surface area contributed by atoms with Crippen molar-refractivity contribution in [3.8, 4) is 5.75 Å². The van der Waals surface area contributed by atoms with Crippen molar-refractivity contribution in [1.82, 2.24) is 0 Å². The molecule has 0 aromatic heterocycles. The lowest BCUT2D eigenvalue weighted by Crippen LogP contribution is -2.15. The molecule has 1 atom stereocenters. The summed E-state index contributed by atoms with van der Waals surface area (Å²) in [7, 11) is 0. The van der Waals surface area contributed by atoms with Crippen molar-refractivity contribution in [2.45, 2.75) is 46.1 Å². The lowest BCUT2D eigenvalue weighted by atomic mass is 9.85. The van der Waals surface area contributed by atoms with E-state index < -0.39 is 6.61 Å². The zero-order valence-electron chi connectivity index (χ0n) is 11.9. The van der Waals surface area contributed by atoms with Crippen molar-refractivity contribution in [3.05, 3.63) is 23.8 Å². The molecule has 0 saturated carbocycles. The van der Waals surface area contributed by atoms with Crippen molar-refractivity contribution in [1.29, 1.82) is 0 Å². The van der Waals surface area contributed by atoms with Gasteiger partial charge in [0, 0.05) is 5.69 Å². The first-order valence-corrected chi connectivity index (χ1v) is 6.66. The molecule has 0 fully saturated rings. The highest BCUT2D eigenvalue weighted by Gasteiger charge is 2.31. The van der Waals surface area contributed by atoms with Crippen LogP contribution < -0.4 is 10.1 Å². The fraction of sp³-hybridized carbons (Fsp3) is 0.533. The summed E-state index contributed by atoms with van der Waals surface area (Å²) in [5, 5.41) is 2.78. The molecule has 3 nitrogen and oxygen atoms in total. The van der Waals surface area contributed by atoms with E-state index in [4.69, 9.17) is 0 Å². The van der Waals surface area contributed by atoms with Gasteiger partial charge < -0.3 is 10.1 Å². The number of carbonyl (C=O) groups is 1. The van der Waals surface area contributed by atoms with Gasteiger partial charge in [-0.3, -0.25) is 4.79 Å². The summed E-state index contributed by atoms with van der Waals surface area (Å²) in [6, 6.07) is 4.59. The first-order valence-electron chi connectivity index (χ1n) is 6.66. The fourth-order valence-corrected chi connectivity index (χ4v) is 2.34. The number of halogens is 2. The highest BCUT2D eigenvalue weighted by molar-refractivity contribution is 6.03. The maximum absolute atomic E-state index is 12.2. The largest absolute Gasteiger partial charge is 0.435 e. The smallest absolute Gasteiger partial charge is 0.387 e. The number of hydrogen-bond acceptors (Lipinski definition) is 2. The molecule has 1 unspecified atom stereocenters. The normalized spacial score (nSPS) is 18.1. The van der Waals surface area contributed by atoms with E-state index in [-0.39, 0.29) is 23.0 Å². The topological polar surface area (TPSA) is 38.3 Å². The van der Waals surface area contributed by atoms with Crippen LogP contribution in [0.2, 0.25) is 0 Å². The summed E-state index contributed by atoms with van der Waals surface area (Å²) < 4.78 is 28.9. The average molecular weight is 283 g/mol. The summed E-state index contributed by atoms with van der Waals surface area (Å²) in [6.07, 6.45) is 1.57. The van der Waals surface area contributed by atoms with Gasteiger partial charge in [-0.05, 0) is 42.0 Å². The Hall–Kier alpha value is -1.65. The van der Waals surface area contributed by atoms with E-state index in [1.165, 1.54) is 12.1 Å². The van der Waals surface area contributed by atoms with Gasteiger partial charge >= 0.3 is 6.61 Å². The number of amides is 1. The lowest BCUT2D eigenvalue weighted by molar-refractivity contribution is -0.117. The first-order chi connectivity index (χ1) is 9.26. The second-order valence-corrected chi connectivity index (χ2v) is 6.27. The van der Waals surface area contributed by atoms with E-state index in [1.54, 1.807) is 6.07 Å². The van der Waals surface area contributed by atoms with Crippen molar-refractivity contribution in [2.24, 2.45) is 5.41 Å². The molecule has 1 aromatic carbocycles. The quantitative estimate of drug-likeness (QED) is 0.901. The molecule has 0 radical (unpaired) electrons. The molecule has 110 valence electrons. The van der Waals surface area contributed by atoms with Crippen molar-refractivity contribution in [3.63, 3.8) is 0 Å². The zero-order valence-corrected chi connectivity index (χ0v) is 11.9. The van der Waals surface area contributed by atoms with Crippen LogP contribution in [0.4, 0.5) is 14.5 Å². The van der Waals surface area contributed by atoms with E-state index in [9.17, 15) is 13.6 Å². The molecule has 20 heavy (non-hydrogen) atoms. The molecule has 1 aromatic rings. The second-order valence-electron chi connectivity index (χ2n) is 6.27. The fourth-order valence-electron chi connectivity index (χ4n) is 2.34. The van der Waals surface area contributed by atoms with Gasteiger partial charge in [-0.25, -0.2) is 0 Å². The van der Waals surface area contributed by atoms with Crippen LogP contribution in [0.25, 0.3) is 0 Å². The van der Waals surface area contributed by atoms with Crippen LogP contribution in [-0.2, 0) is 4.79 Å². The Kier molecular flexibility index (Phi) is 3.97. The van der Waals surface area contributed by atoms with Crippen LogP contribution in [-0.4, -0.2) is 12.5 Å². The molecular weight excluding hydrogens is 264 g/mol. The number of fused-ring (bicyclic) bond motifs is 1. The number of anilines is 1. The van der Waals surface area contributed by atoms with E-state index in [0.29, 0.717) is 12.1 Å². The molecule has 1 amide bonds. The monoisotopic (exact) mass is 283 g/mol. The van der Waals surface area contributed by atoms with Gasteiger partial charge in [-0.15, -0.1) is 0 Å². The molecule has 0 saturated heterocycles.